The van der Waals surface area contributed by atoms with Gasteiger partial charge in [0.2, 0.25) is 11.6 Å². The van der Waals surface area contributed by atoms with Gasteiger partial charge in [-0.25, -0.2) is 26.3 Å². The minimum absolute atomic E-state index is 0. The quantitative estimate of drug-likeness (QED) is 0.225. The fraction of sp³-hybridized carbons (Fsp3) is 0.200. The fourth-order valence-electron chi connectivity index (χ4n) is 1.51. The van der Waals surface area contributed by atoms with Gasteiger partial charge in [0.05, 0.1) is 0 Å². The van der Waals surface area contributed by atoms with E-state index >= 15 is 0 Å². The average molecular weight is 577 g/mol. The van der Waals surface area contributed by atoms with Crippen LogP contribution in [-0.2, 0) is 19.5 Å². The monoisotopic (exact) mass is 578 g/mol. The summed E-state index contributed by atoms with van der Waals surface area (Å²) in [5, 5.41) is 37.8. The fourth-order valence-corrected chi connectivity index (χ4v) is 1.51. The molecular formula is C15H12B2F8NO6Ru. The summed E-state index contributed by atoms with van der Waals surface area (Å²) in [6.07, 6.45) is 0. The Kier molecular flexibility index (Phi) is 15.1. The Morgan fingerprint density at radius 2 is 0.970 bits per heavy atom. The van der Waals surface area contributed by atoms with Gasteiger partial charge >= 0.3 is 26.8 Å². The maximum absolute atomic E-state index is 12.7. The second kappa shape index (κ2) is 15.0. The molecule has 2 aromatic carbocycles. The second-order valence-electron chi connectivity index (χ2n) is 5.77. The maximum Gasteiger partial charge on any atom is 3.00 e. The first-order valence-electron chi connectivity index (χ1n) is 7.85. The number of benzene rings is 2. The number of hydrogen-bond acceptors (Lipinski definition) is 7. The number of halogens is 8. The van der Waals surface area contributed by atoms with E-state index in [9.17, 15) is 50.2 Å². The maximum atomic E-state index is 12.7. The smallest absolute Gasteiger partial charge is 0.860 e. The van der Waals surface area contributed by atoms with E-state index in [4.69, 9.17) is 5.02 Å². The zero-order valence-corrected chi connectivity index (χ0v) is 18.4. The van der Waals surface area contributed by atoms with Crippen LogP contribution in [0.25, 0.3) is 0 Å². The Morgan fingerprint density at radius 1 is 0.667 bits per heavy atom. The molecule has 18 heteroatoms. The first kappa shape index (κ1) is 33.2. The molecule has 0 heterocycles. The van der Waals surface area contributed by atoms with E-state index in [1.165, 1.54) is 0 Å². The van der Waals surface area contributed by atoms with Crippen LogP contribution in [0.3, 0.4) is 0 Å². The van der Waals surface area contributed by atoms with Crippen molar-refractivity contribution in [3.63, 3.8) is 0 Å². The molecule has 0 aliphatic heterocycles. The van der Waals surface area contributed by atoms with Crippen LogP contribution < -0.4 is 24.4 Å². The summed E-state index contributed by atoms with van der Waals surface area (Å²) < 4.78 is 107. The summed E-state index contributed by atoms with van der Waals surface area (Å²) in [6, 6.07) is -0.0355. The van der Waals surface area contributed by atoms with Crippen molar-refractivity contribution in [1.82, 2.24) is 4.90 Å². The topological polar surface area (TPSA) is 111 Å². The normalized spacial score (nSPS) is 9.70. The summed E-state index contributed by atoms with van der Waals surface area (Å²) >= 11 is 0. The number of rotatable bonds is 4. The molecule has 0 saturated carbocycles. The molecule has 33 heavy (non-hydrogen) atoms. The molecular weight excluding hydrogens is 565 g/mol. The van der Waals surface area contributed by atoms with E-state index in [2.05, 4.69) is 9.31 Å². The van der Waals surface area contributed by atoms with Crippen molar-refractivity contribution in [2.75, 3.05) is 21.1 Å². The van der Waals surface area contributed by atoms with E-state index in [-0.39, 0.29) is 31.6 Å². The van der Waals surface area contributed by atoms with Gasteiger partial charge in [-0.1, -0.05) is 0 Å². The van der Waals surface area contributed by atoms with Gasteiger partial charge in [-0.15, -0.1) is 0 Å². The first-order valence-corrected chi connectivity index (χ1v) is 7.85. The van der Waals surface area contributed by atoms with Gasteiger partial charge in [-0.3, -0.25) is 0 Å². The summed E-state index contributed by atoms with van der Waals surface area (Å²) in [4.78, 5) is 2.00. The van der Waals surface area contributed by atoms with Crippen LogP contribution in [0.5, 0.6) is 11.5 Å². The van der Waals surface area contributed by atoms with E-state index in [0.717, 1.165) is 0 Å². The number of nitrogens with zero attached hydrogens (tertiary/aromatic N) is 1. The zero-order chi connectivity index (χ0) is 25.3. The van der Waals surface area contributed by atoms with Crippen molar-refractivity contribution in [2.45, 2.75) is 0 Å². The van der Waals surface area contributed by atoms with Gasteiger partial charge in [-0.2, -0.15) is 8.78 Å². The van der Waals surface area contributed by atoms with Crippen LogP contribution in [-0.4, -0.2) is 45.7 Å². The van der Waals surface area contributed by atoms with Crippen molar-refractivity contribution in [2.24, 2.45) is 0 Å². The molecule has 0 aliphatic rings. The van der Waals surface area contributed by atoms with Crippen molar-refractivity contribution >= 4 is 14.6 Å². The first-order chi connectivity index (χ1) is 14.6. The number of hydrogen-bond donors (Lipinski definition) is 1. The van der Waals surface area contributed by atoms with Crippen LogP contribution in [0.15, 0.2) is 12.1 Å². The molecule has 0 aromatic heterocycles. The predicted molar refractivity (Wildman–Crippen MR) is 87.1 cm³/mol. The van der Waals surface area contributed by atoms with E-state index in [0.29, 0.717) is 0 Å². The Balaban J connectivity index is 0. The predicted octanol–water partition coefficient (Wildman–Crippen LogP) is -0.538. The second-order valence-corrected chi connectivity index (χ2v) is 5.77. The van der Waals surface area contributed by atoms with Crippen LogP contribution in [0.4, 0.5) is 35.1 Å². The van der Waals surface area contributed by atoms with E-state index in [1.54, 1.807) is 0 Å². The molecule has 0 fully saturated rings. The van der Waals surface area contributed by atoms with Crippen molar-refractivity contribution in [3.05, 3.63) is 58.7 Å². The molecule has 183 valence electrons. The molecule has 0 bridgehead atoms. The molecule has 0 unspecified atom stereocenters. The Hall–Kier alpha value is -1.97. The summed E-state index contributed by atoms with van der Waals surface area (Å²) in [6.45, 7) is 0. The minimum Gasteiger partial charge on any atom is -0.860 e. The minimum atomic E-state index is -3.02. The standard InChI is InChI=1S/C6H2BF4O3.C6HBF4O3.C3H9N.Ru/c2*8-2-1-3(9)6(14-7(12)13)5(11)4(2)10;1-4(2)3;/h1,12H;1H;1-3H3;/q-1;-2;;+3. The summed E-state index contributed by atoms with van der Waals surface area (Å²) in [5.41, 5.74) is 0. The molecule has 7 nitrogen and oxygen atoms in total. The molecule has 0 spiro atoms. The van der Waals surface area contributed by atoms with Crippen molar-refractivity contribution < 1.29 is 84.0 Å². The van der Waals surface area contributed by atoms with Gasteiger partial charge in [0, 0.05) is 12.1 Å². The van der Waals surface area contributed by atoms with Crippen molar-refractivity contribution in [3.8, 4) is 11.5 Å². The third-order valence-electron chi connectivity index (χ3n) is 2.58. The molecule has 0 amide bonds. The van der Waals surface area contributed by atoms with Gasteiger partial charge in [-0.05, 0) is 21.1 Å². The molecule has 0 aliphatic carbocycles. The third kappa shape index (κ3) is 11.1. The van der Waals surface area contributed by atoms with Gasteiger partial charge < -0.3 is 34.3 Å². The van der Waals surface area contributed by atoms with Gasteiger partial charge in [0.25, 0.3) is 0 Å². The molecule has 1 radical (unpaired) electrons. The Bertz CT molecular complexity index is 841. The molecule has 0 saturated heterocycles. The Morgan fingerprint density at radius 3 is 1.24 bits per heavy atom. The van der Waals surface area contributed by atoms with Crippen LogP contribution in [0, 0.1) is 46.5 Å². The zero-order valence-electron chi connectivity index (χ0n) is 16.6. The molecule has 2 aromatic rings. The van der Waals surface area contributed by atoms with Crippen LogP contribution in [0.1, 0.15) is 0 Å². The Labute approximate surface area is 195 Å². The van der Waals surface area contributed by atoms with Gasteiger partial charge in [0.15, 0.2) is 46.4 Å². The summed E-state index contributed by atoms with van der Waals surface area (Å²) in [7, 11) is 0.202. The van der Waals surface area contributed by atoms with Crippen molar-refractivity contribution in [1.29, 1.82) is 0 Å². The largest absolute Gasteiger partial charge is 3.00 e. The third-order valence-corrected chi connectivity index (χ3v) is 2.58. The van der Waals surface area contributed by atoms with Crippen LogP contribution >= 0.6 is 0 Å². The molecule has 1 N–H and O–H groups in total. The van der Waals surface area contributed by atoms with Gasteiger partial charge in [0.1, 0.15) is 7.32 Å². The molecule has 0 atom stereocenters. The molecule has 2 rings (SSSR count). The average Bonchev–Trinajstić information content (AvgIpc) is 2.65. The van der Waals surface area contributed by atoms with E-state index < -0.39 is 72.7 Å². The van der Waals surface area contributed by atoms with E-state index in [1.807, 2.05) is 26.0 Å². The SMILES string of the molecule is CN(C)C.[O-]B(O)Oc1c(F)cc(F)c(F)c1F.[O-]B([O-])Oc1c(F)cc(F)c(F)c1F.[Ru+3]. The summed E-state index contributed by atoms with van der Waals surface area (Å²) in [5.74, 6) is -17.8. The van der Waals surface area contributed by atoms with Crippen LogP contribution in [0.2, 0.25) is 0 Å².